The Kier molecular flexibility index (Phi) is 5.71. The maximum Gasteiger partial charge on any atom is 0.226 e. The van der Waals surface area contributed by atoms with Crippen molar-refractivity contribution in [2.24, 2.45) is 11.3 Å². The molecule has 0 radical (unpaired) electrons. The van der Waals surface area contributed by atoms with Crippen LogP contribution in [0.4, 0.5) is 0 Å². The highest BCUT2D eigenvalue weighted by Gasteiger charge is 2.36. The molecular formula is C25H26N4O3. The fourth-order valence-electron chi connectivity index (χ4n) is 5.17. The minimum absolute atomic E-state index is 0.0631. The molecule has 1 fully saturated rings. The second kappa shape index (κ2) is 8.94. The summed E-state index contributed by atoms with van der Waals surface area (Å²) < 4.78 is 2.16. The number of imidazole rings is 1. The number of rotatable bonds is 7. The largest absolute Gasteiger partial charge is 0.360 e. The van der Waals surface area contributed by atoms with Crippen LogP contribution in [-0.2, 0) is 16.1 Å². The molecule has 0 aliphatic carbocycles. The van der Waals surface area contributed by atoms with E-state index in [-0.39, 0.29) is 24.0 Å². The Labute approximate surface area is 187 Å². The number of hydrogen-bond acceptors (Lipinski definition) is 5. The standard InChI is InChI=1S/C25H26N4O3/c30-25(14-18-6-2-1-3-7-18)28-12-10-19(11-13-28)24(32-27-31)15-22-20-8-4-5-9-21(20)23-16-26-17-29(22)23/h1-9,16-17,19,22,24H,10-15H2/t22-,24-/m1/s1. The zero-order valence-electron chi connectivity index (χ0n) is 17.8. The maximum atomic E-state index is 12.7. The van der Waals surface area contributed by atoms with Crippen molar-refractivity contribution in [3.05, 3.63) is 83.2 Å². The van der Waals surface area contributed by atoms with Crippen molar-refractivity contribution in [1.29, 1.82) is 0 Å². The molecule has 0 spiro atoms. The van der Waals surface area contributed by atoms with Crippen LogP contribution in [0.3, 0.4) is 0 Å². The predicted molar refractivity (Wildman–Crippen MR) is 121 cm³/mol. The van der Waals surface area contributed by atoms with Gasteiger partial charge in [0.2, 0.25) is 5.91 Å². The van der Waals surface area contributed by atoms with Gasteiger partial charge in [-0.1, -0.05) is 54.6 Å². The first kappa shape index (κ1) is 20.4. The third kappa shape index (κ3) is 3.90. The first-order valence-corrected chi connectivity index (χ1v) is 11.2. The topological polar surface area (TPSA) is 76.8 Å². The SMILES string of the molecule is O=NO[C@H](C[C@@H]1c2ccccc2-c2cncn21)C1CCN(C(=O)Cc2ccccc2)CC1. The highest BCUT2D eigenvalue weighted by Crippen LogP contribution is 2.42. The second-order valence-corrected chi connectivity index (χ2v) is 8.62. The molecular weight excluding hydrogens is 404 g/mol. The van der Waals surface area contributed by atoms with Crippen LogP contribution in [0.2, 0.25) is 0 Å². The van der Waals surface area contributed by atoms with Crippen LogP contribution < -0.4 is 0 Å². The number of nitrogens with zero attached hydrogens (tertiary/aromatic N) is 4. The fourth-order valence-corrected chi connectivity index (χ4v) is 5.17. The summed E-state index contributed by atoms with van der Waals surface area (Å²) in [6.45, 7) is 1.35. The maximum absolute atomic E-state index is 12.7. The summed E-state index contributed by atoms with van der Waals surface area (Å²) >= 11 is 0. The van der Waals surface area contributed by atoms with E-state index in [2.05, 4.69) is 27.0 Å². The van der Waals surface area contributed by atoms with E-state index < -0.39 is 0 Å². The van der Waals surface area contributed by atoms with Gasteiger partial charge in [0.1, 0.15) is 6.10 Å². The molecule has 2 aliphatic heterocycles. The molecule has 0 bridgehead atoms. The van der Waals surface area contributed by atoms with Crippen molar-refractivity contribution in [1.82, 2.24) is 14.5 Å². The molecule has 1 amide bonds. The van der Waals surface area contributed by atoms with E-state index in [0.717, 1.165) is 24.1 Å². The van der Waals surface area contributed by atoms with Crippen molar-refractivity contribution in [3.63, 3.8) is 0 Å². The zero-order valence-corrected chi connectivity index (χ0v) is 17.8. The lowest BCUT2D eigenvalue weighted by Crippen LogP contribution is -2.42. The number of benzene rings is 2. The highest BCUT2D eigenvalue weighted by molar-refractivity contribution is 5.78. The van der Waals surface area contributed by atoms with Gasteiger partial charge in [0.15, 0.2) is 5.34 Å². The van der Waals surface area contributed by atoms with E-state index in [1.165, 1.54) is 11.1 Å². The smallest absolute Gasteiger partial charge is 0.226 e. The quantitative estimate of drug-likeness (QED) is 0.411. The molecule has 2 aliphatic rings. The van der Waals surface area contributed by atoms with E-state index in [4.69, 9.17) is 4.84 Å². The molecule has 7 heteroatoms. The van der Waals surface area contributed by atoms with E-state index in [1.807, 2.05) is 59.9 Å². The summed E-state index contributed by atoms with van der Waals surface area (Å²) in [4.78, 5) is 35.4. The van der Waals surface area contributed by atoms with Crippen LogP contribution in [-0.4, -0.2) is 39.6 Å². The van der Waals surface area contributed by atoms with Gasteiger partial charge in [-0.25, -0.2) is 4.98 Å². The van der Waals surface area contributed by atoms with Gasteiger partial charge < -0.3 is 14.3 Å². The number of carbonyl (C=O) groups excluding carboxylic acids is 1. The molecule has 3 aromatic rings. The molecule has 0 saturated carbocycles. The van der Waals surface area contributed by atoms with Crippen LogP contribution in [0.1, 0.15) is 36.4 Å². The fraction of sp³-hybridized carbons (Fsp3) is 0.360. The molecule has 1 aromatic heterocycles. The molecule has 0 unspecified atom stereocenters. The predicted octanol–water partition coefficient (Wildman–Crippen LogP) is 4.39. The number of hydrogen-bond donors (Lipinski definition) is 0. The van der Waals surface area contributed by atoms with E-state index in [0.29, 0.717) is 25.9 Å². The number of amides is 1. The van der Waals surface area contributed by atoms with E-state index >= 15 is 0 Å². The van der Waals surface area contributed by atoms with Crippen molar-refractivity contribution in [2.75, 3.05) is 13.1 Å². The molecule has 0 N–H and O–H groups in total. The Morgan fingerprint density at radius 3 is 2.62 bits per heavy atom. The lowest BCUT2D eigenvalue weighted by molar-refractivity contribution is -0.132. The summed E-state index contributed by atoms with van der Waals surface area (Å²) in [5.41, 5.74) is 4.51. The Morgan fingerprint density at radius 2 is 1.84 bits per heavy atom. The van der Waals surface area contributed by atoms with Crippen LogP contribution in [0.15, 0.2) is 72.5 Å². The van der Waals surface area contributed by atoms with Gasteiger partial charge in [0.25, 0.3) is 0 Å². The Balaban J connectivity index is 1.25. The van der Waals surface area contributed by atoms with Crippen molar-refractivity contribution in [3.8, 4) is 11.3 Å². The van der Waals surface area contributed by atoms with Crippen molar-refractivity contribution >= 4 is 5.91 Å². The van der Waals surface area contributed by atoms with Gasteiger partial charge in [-0.3, -0.25) is 4.79 Å². The van der Waals surface area contributed by atoms with Gasteiger partial charge >= 0.3 is 0 Å². The highest BCUT2D eigenvalue weighted by atomic mass is 16.7. The van der Waals surface area contributed by atoms with Crippen LogP contribution in [0.5, 0.6) is 0 Å². The first-order chi connectivity index (χ1) is 15.7. The van der Waals surface area contributed by atoms with Crippen LogP contribution in [0, 0.1) is 10.8 Å². The summed E-state index contributed by atoms with van der Waals surface area (Å²) in [6, 6.07) is 18.2. The Morgan fingerprint density at radius 1 is 1.09 bits per heavy atom. The minimum atomic E-state index is -0.301. The molecule has 7 nitrogen and oxygen atoms in total. The van der Waals surface area contributed by atoms with Gasteiger partial charge in [-0.2, -0.15) is 0 Å². The zero-order chi connectivity index (χ0) is 21.9. The number of aromatic nitrogens is 2. The lowest BCUT2D eigenvalue weighted by atomic mass is 9.86. The number of likely N-dealkylation sites (tertiary alicyclic amines) is 1. The monoisotopic (exact) mass is 430 g/mol. The number of piperidine rings is 1. The summed E-state index contributed by atoms with van der Waals surface area (Å²) in [6.07, 6.45) is 6.08. The van der Waals surface area contributed by atoms with Gasteiger partial charge in [-0.15, -0.1) is 4.91 Å². The number of carbonyl (C=O) groups is 1. The normalized spacial score (nSPS) is 18.6. The molecule has 3 heterocycles. The van der Waals surface area contributed by atoms with E-state index in [9.17, 15) is 9.70 Å². The molecule has 164 valence electrons. The summed E-state index contributed by atoms with van der Waals surface area (Å²) in [7, 11) is 0. The first-order valence-electron chi connectivity index (χ1n) is 11.2. The average Bonchev–Trinajstić information content (AvgIpc) is 3.42. The third-order valence-corrected chi connectivity index (χ3v) is 6.85. The van der Waals surface area contributed by atoms with Crippen LogP contribution in [0.25, 0.3) is 11.3 Å². The summed E-state index contributed by atoms with van der Waals surface area (Å²) in [5.74, 6) is 0.321. The number of fused-ring (bicyclic) bond motifs is 3. The molecule has 2 atom stereocenters. The lowest BCUT2D eigenvalue weighted by Gasteiger charge is -2.35. The Hall–Kier alpha value is -3.48. The minimum Gasteiger partial charge on any atom is -0.360 e. The van der Waals surface area contributed by atoms with E-state index in [1.54, 1.807) is 0 Å². The third-order valence-electron chi connectivity index (χ3n) is 6.85. The second-order valence-electron chi connectivity index (χ2n) is 8.62. The molecule has 5 rings (SSSR count). The van der Waals surface area contributed by atoms with Crippen molar-refractivity contribution < 1.29 is 9.63 Å². The Bertz CT molecular complexity index is 1090. The molecule has 2 aromatic carbocycles. The van der Waals surface area contributed by atoms with Gasteiger partial charge in [0, 0.05) is 31.0 Å². The summed E-state index contributed by atoms with van der Waals surface area (Å²) in [5, 5.41) is 2.81. The average molecular weight is 431 g/mol. The molecule has 32 heavy (non-hydrogen) atoms. The van der Waals surface area contributed by atoms with Crippen molar-refractivity contribution in [2.45, 2.75) is 37.8 Å². The van der Waals surface area contributed by atoms with Gasteiger partial charge in [0.05, 0.1) is 30.7 Å². The van der Waals surface area contributed by atoms with Gasteiger partial charge in [-0.05, 0) is 24.0 Å². The molecule has 1 saturated heterocycles. The van der Waals surface area contributed by atoms with Crippen LogP contribution >= 0.6 is 0 Å².